The summed E-state index contributed by atoms with van der Waals surface area (Å²) < 4.78 is 39.7. The average Bonchev–Trinajstić information content (AvgIpc) is 2.86. The lowest BCUT2D eigenvalue weighted by atomic mass is 10.1. The molecule has 5 nitrogen and oxygen atoms in total. The third-order valence-electron chi connectivity index (χ3n) is 3.10. The van der Waals surface area contributed by atoms with Crippen LogP contribution in [0, 0.1) is 0 Å². The molecule has 0 aliphatic carbocycles. The molecule has 0 unspecified atom stereocenters. The highest BCUT2D eigenvalue weighted by atomic mass is 19.4. The monoisotopic (exact) mass is 307 g/mol. The molecule has 0 atom stereocenters. The van der Waals surface area contributed by atoms with Crippen LogP contribution in [0.25, 0.3) is 16.8 Å². The number of rotatable bonds is 2. The molecule has 0 saturated heterocycles. The molecule has 3 aromatic rings. The van der Waals surface area contributed by atoms with Gasteiger partial charge in [0.1, 0.15) is 0 Å². The summed E-state index contributed by atoms with van der Waals surface area (Å²) >= 11 is 0. The van der Waals surface area contributed by atoms with E-state index in [9.17, 15) is 18.0 Å². The molecule has 2 aromatic heterocycles. The number of aromatic nitrogens is 3. The zero-order valence-corrected chi connectivity index (χ0v) is 10.9. The average molecular weight is 307 g/mol. The molecule has 1 aromatic carbocycles. The Bertz CT molecular complexity index is 871. The number of hydrogen-bond acceptors (Lipinski definition) is 3. The number of halogens is 3. The number of carboxylic acids is 1. The minimum absolute atomic E-state index is 0.136. The second-order valence-electron chi connectivity index (χ2n) is 4.50. The van der Waals surface area contributed by atoms with Gasteiger partial charge in [0.05, 0.1) is 23.0 Å². The fourth-order valence-electron chi connectivity index (χ4n) is 2.14. The highest BCUT2D eigenvalue weighted by Crippen LogP contribution is 2.33. The van der Waals surface area contributed by atoms with Crippen molar-refractivity contribution >= 4 is 11.5 Å². The van der Waals surface area contributed by atoms with Gasteiger partial charge in [-0.1, -0.05) is 12.1 Å². The van der Waals surface area contributed by atoms with E-state index in [0.717, 1.165) is 12.1 Å². The van der Waals surface area contributed by atoms with Crippen LogP contribution in [-0.4, -0.2) is 25.4 Å². The molecule has 0 bridgehead atoms. The molecular formula is C14H8F3N3O2. The SMILES string of the molecule is O=C(O)c1nc(-c2cccc(C(F)(F)F)c2)c2cnccn12. The molecule has 0 saturated carbocycles. The Balaban J connectivity index is 2.25. The number of benzene rings is 1. The van der Waals surface area contributed by atoms with Crippen LogP contribution in [0.1, 0.15) is 16.2 Å². The minimum Gasteiger partial charge on any atom is -0.475 e. The van der Waals surface area contributed by atoms with E-state index in [1.807, 2.05) is 0 Å². The molecule has 0 aliphatic heterocycles. The van der Waals surface area contributed by atoms with Gasteiger partial charge in [0.15, 0.2) is 0 Å². The molecule has 22 heavy (non-hydrogen) atoms. The van der Waals surface area contributed by atoms with Crippen molar-refractivity contribution in [1.29, 1.82) is 0 Å². The number of carboxylic acid groups (broad SMARTS) is 1. The van der Waals surface area contributed by atoms with Crippen molar-refractivity contribution in [3.63, 3.8) is 0 Å². The van der Waals surface area contributed by atoms with Gasteiger partial charge < -0.3 is 5.11 Å². The Labute approximate surface area is 121 Å². The lowest BCUT2D eigenvalue weighted by molar-refractivity contribution is -0.137. The predicted molar refractivity (Wildman–Crippen MR) is 70.4 cm³/mol. The van der Waals surface area contributed by atoms with E-state index >= 15 is 0 Å². The summed E-state index contributed by atoms with van der Waals surface area (Å²) in [5.74, 6) is -1.57. The van der Waals surface area contributed by atoms with Crippen molar-refractivity contribution < 1.29 is 23.1 Å². The summed E-state index contributed by atoms with van der Waals surface area (Å²) in [5.41, 5.74) is -0.199. The topological polar surface area (TPSA) is 67.5 Å². The van der Waals surface area contributed by atoms with Crippen LogP contribution in [0.15, 0.2) is 42.9 Å². The molecule has 0 amide bonds. The van der Waals surface area contributed by atoms with Crippen molar-refractivity contribution in [2.24, 2.45) is 0 Å². The summed E-state index contributed by atoms with van der Waals surface area (Å²) in [4.78, 5) is 19.0. The molecule has 0 radical (unpaired) electrons. The lowest BCUT2D eigenvalue weighted by Crippen LogP contribution is -2.04. The number of nitrogens with zero attached hydrogens (tertiary/aromatic N) is 3. The summed E-state index contributed by atoms with van der Waals surface area (Å²) in [6, 6.07) is 4.56. The second-order valence-corrected chi connectivity index (χ2v) is 4.50. The van der Waals surface area contributed by atoms with E-state index in [1.54, 1.807) is 0 Å². The van der Waals surface area contributed by atoms with Gasteiger partial charge in [-0.25, -0.2) is 9.78 Å². The van der Waals surface area contributed by atoms with Crippen LogP contribution in [-0.2, 0) is 6.18 Å². The molecule has 0 fully saturated rings. The van der Waals surface area contributed by atoms with Crippen LogP contribution in [0.5, 0.6) is 0 Å². The molecule has 112 valence electrons. The van der Waals surface area contributed by atoms with Crippen molar-refractivity contribution in [3.05, 3.63) is 54.2 Å². The fraction of sp³-hybridized carbons (Fsp3) is 0.0714. The summed E-state index contributed by atoms with van der Waals surface area (Å²) in [6.45, 7) is 0. The van der Waals surface area contributed by atoms with Gasteiger partial charge in [0.2, 0.25) is 5.82 Å². The number of alkyl halides is 3. The van der Waals surface area contributed by atoms with Crippen molar-refractivity contribution in [2.75, 3.05) is 0 Å². The van der Waals surface area contributed by atoms with Crippen molar-refractivity contribution in [1.82, 2.24) is 14.4 Å². The highest BCUT2D eigenvalue weighted by molar-refractivity contribution is 5.89. The van der Waals surface area contributed by atoms with Gasteiger partial charge in [-0.3, -0.25) is 9.38 Å². The number of carbonyl (C=O) groups is 1. The zero-order valence-electron chi connectivity index (χ0n) is 10.9. The fourth-order valence-corrected chi connectivity index (χ4v) is 2.14. The van der Waals surface area contributed by atoms with Crippen molar-refractivity contribution in [2.45, 2.75) is 6.18 Å². The summed E-state index contributed by atoms with van der Waals surface area (Å²) in [5, 5.41) is 9.14. The summed E-state index contributed by atoms with van der Waals surface area (Å²) in [6.07, 6.45) is -0.367. The maximum atomic E-state index is 12.8. The van der Waals surface area contributed by atoms with Crippen LogP contribution in [0.4, 0.5) is 13.2 Å². The molecule has 0 spiro atoms. The smallest absolute Gasteiger partial charge is 0.416 e. The highest BCUT2D eigenvalue weighted by Gasteiger charge is 2.31. The quantitative estimate of drug-likeness (QED) is 0.790. The molecule has 8 heteroatoms. The Morgan fingerprint density at radius 1 is 1.27 bits per heavy atom. The lowest BCUT2D eigenvalue weighted by Gasteiger charge is -2.07. The van der Waals surface area contributed by atoms with Gasteiger partial charge in [0, 0.05) is 18.0 Å². The molecule has 1 N–H and O–H groups in total. The number of imidazole rings is 1. The number of fused-ring (bicyclic) bond motifs is 1. The van der Waals surface area contributed by atoms with E-state index < -0.39 is 17.7 Å². The molecule has 0 aliphatic rings. The van der Waals surface area contributed by atoms with E-state index in [0.29, 0.717) is 5.52 Å². The van der Waals surface area contributed by atoms with Gasteiger partial charge >= 0.3 is 12.1 Å². The van der Waals surface area contributed by atoms with Crippen LogP contribution in [0.3, 0.4) is 0 Å². The first-order chi connectivity index (χ1) is 10.4. The Morgan fingerprint density at radius 2 is 2.05 bits per heavy atom. The van der Waals surface area contributed by atoms with Crippen molar-refractivity contribution in [3.8, 4) is 11.3 Å². The first-order valence-corrected chi connectivity index (χ1v) is 6.11. The third-order valence-corrected chi connectivity index (χ3v) is 3.10. The Kier molecular flexibility index (Phi) is 3.09. The largest absolute Gasteiger partial charge is 0.475 e. The van der Waals surface area contributed by atoms with E-state index in [-0.39, 0.29) is 17.1 Å². The minimum atomic E-state index is -4.49. The van der Waals surface area contributed by atoms with E-state index in [4.69, 9.17) is 5.11 Å². The van der Waals surface area contributed by atoms with Crippen LogP contribution >= 0.6 is 0 Å². The van der Waals surface area contributed by atoms with Gasteiger partial charge in [0.25, 0.3) is 0 Å². The standard InChI is InChI=1S/C14H8F3N3O2/c15-14(16,17)9-3-1-2-8(6-9)11-10-7-18-4-5-20(10)12(19-11)13(21)22/h1-7H,(H,21,22). The zero-order chi connectivity index (χ0) is 15.9. The van der Waals surface area contributed by atoms with Crippen LogP contribution in [0.2, 0.25) is 0 Å². The predicted octanol–water partition coefficient (Wildman–Crippen LogP) is 3.11. The summed E-state index contributed by atoms with van der Waals surface area (Å²) in [7, 11) is 0. The maximum absolute atomic E-state index is 12.8. The van der Waals surface area contributed by atoms with Gasteiger partial charge in [-0.2, -0.15) is 13.2 Å². The number of hydrogen-bond donors (Lipinski definition) is 1. The van der Waals surface area contributed by atoms with E-state index in [2.05, 4.69) is 9.97 Å². The Hall–Kier alpha value is -2.90. The van der Waals surface area contributed by atoms with Crippen LogP contribution < -0.4 is 0 Å². The van der Waals surface area contributed by atoms with E-state index in [1.165, 1.54) is 35.1 Å². The first kappa shape index (κ1) is 14.1. The molecule has 3 rings (SSSR count). The third kappa shape index (κ3) is 2.28. The molecular weight excluding hydrogens is 299 g/mol. The second kappa shape index (κ2) is 4.83. The van der Waals surface area contributed by atoms with Gasteiger partial charge in [-0.05, 0) is 12.1 Å². The molecule has 2 heterocycles. The van der Waals surface area contributed by atoms with Gasteiger partial charge in [-0.15, -0.1) is 0 Å². The maximum Gasteiger partial charge on any atom is 0.416 e. The Morgan fingerprint density at radius 3 is 2.73 bits per heavy atom. The normalized spacial score (nSPS) is 11.8. The first-order valence-electron chi connectivity index (χ1n) is 6.11. The number of aromatic carboxylic acids is 1.